The van der Waals surface area contributed by atoms with Crippen LogP contribution in [0.3, 0.4) is 0 Å². The molecule has 5 nitrogen and oxygen atoms in total. The molecule has 0 aliphatic heterocycles. The molecule has 0 radical (unpaired) electrons. The molecule has 1 N–H and O–H groups in total. The molecule has 0 bridgehead atoms. The number of hydrogen-bond acceptors (Lipinski definition) is 4. The summed E-state index contributed by atoms with van der Waals surface area (Å²) in [6.07, 6.45) is -1.24. The summed E-state index contributed by atoms with van der Waals surface area (Å²) >= 11 is 0. The van der Waals surface area contributed by atoms with E-state index in [1.807, 2.05) is 13.8 Å². The van der Waals surface area contributed by atoms with Crippen molar-refractivity contribution in [3.63, 3.8) is 0 Å². The fourth-order valence-corrected chi connectivity index (χ4v) is 2.98. The summed E-state index contributed by atoms with van der Waals surface area (Å²) in [4.78, 5) is 21.0. The molecule has 2 heterocycles. The van der Waals surface area contributed by atoms with Crippen molar-refractivity contribution in [3.05, 3.63) is 58.5 Å². The van der Waals surface area contributed by atoms with Crippen LogP contribution in [-0.4, -0.2) is 14.5 Å². The largest absolute Gasteiger partial charge is 0.416 e. The van der Waals surface area contributed by atoms with Gasteiger partial charge in [0.05, 0.1) is 5.56 Å². The Balaban J connectivity index is 1.99. The Morgan fingerprint density at radius 2 is 1.74 bits per heavy atom. The lowest BCUT2D eigenvalue weighted by molar-refractivity contribution is -0.137. The van der Waals surface area contributed by atoms with Crippen molar-refractivity contribution >= 4 is 22.7 Å². The predicted octanol–water partition coefficient (Wildman–Crippen LogP) is 4.92. The van der Waals surface area contributed by atoms with Crippen LogP contribution in [-0.2, 0) is 6.18 Å². The highest BCUT2D eigenvalue weighted by molar-refractivity contribution is 5.75. The number of benzene rings is 1. The number of anilines is 2. The van der Waals surface area contributed by atoms with Gasteiger partial charge >= 0.3 is 6.18 Å². The number of nitrogens with zero attached hydrogens (tertiary/aromatic N) is 3. The number of alkyl halides is 3. The standard InChI is InChI=1S/C19H19F3N4O/c1-3-15(4-2)26-16(27)10-5-12-11-23-18(25-17(12)26)24-14-8-6-13(7-9-14)19(20,21)22/h5-11,15H,3-4H2,1-2H3,(H,23,24,25). The van der Waals surface area contributed by atoms with Gasteiger partial charge in [-0.1, -0.05) is 13.8 Å². The Hall–Kier alpha value is -2.90. The Bertz CT molecular complexity index is 992. The van der Waals surface area contributed by atoms with Crippen molar-refractivity contribution in [2.45, 2.75) is 38.9 Å². The van der Waals surface area contributed by atoms with E-state index in [1.54, 1.807) is 16.8 Å². The molecule has 0 atom stereocenters. The Kier molecular flexibility index (Phi) is 5.16. The zero-order chi connectivity index (χ0) is 19.6. The minimum absolute atomic E-state index is 0.00928. The first-order valence-corrected chi connectivity index (χ1v) is 8.66. The van der Waals surface area contributed by atoms with Crippen molar-refractivity contribution in [2.75, 3.05) is 5.32 Å². The molecule has 1 aromatic carbocycles. The fourth-order valence-electron chi connectivity index (χ4n) is 2.98. The summed E-state index contributed by atoms with van der Waals surface area (Å²) < 4.78 is 39.7. The van der Waals surface area contributed by atoms with E-state index in [4.69, 9.17) is 0 Å². The lowest BCUT2D eigenvalue weighted by Crippen LogP contribution is -2.24. The molecule has 2 aromatic heterocycles. The molecule has 0 fully saturated rings. The lowest BCUT2D eigenvalue weighted by Gasteiger charge is -2.18. The van der Waals surface area contributed by atoms with Crippen molar-refractivity contribution in [1.82, 2.24) is 14.5 Å². The average molecular weight is 376 g/mol. The van der Waals surface area contributed by atoms with E-state index in [0.717, 1.165) is 30.4 Å². The maximum atomic E-state index is 12.7. The Labute approximate surface area is 153 Å². The van der Waals surface area contributed by atoms with Crippen LogP contribution < -0.4 is 10.9 Å². The number of fused-ring (bicyclic) bond motifs is 1. The van der Waals surface area contributed by atoms with E-state index in [0.29, 0.717) is 11.3 Å². The first-order chi connectivity index (χ1) is 12.8. The highest BCUT2D eigenvalue weighted by atomic mass is 19.4. The van der Waals surface area contributed by atoms with E-state index in [-0.39, 0.29) is 17.5 Å². The highest BCUT2D eigenvalue weighted by Gasteiger charge is 2.29. The van der Waals surface area contributed by atoms with Crippen LogP contribution in [0.5, 0.6) is 0 Å². The van der Waals surface area contributed by atoms with E-state index in [1.165, 1.54) is 18.2 Å². The number of halogens is 3. The predicted molar refractivity (Wildman–Crippen MR) is 98.1 cm³/mol. The van der Waals surface area contributed by atoms with Crippen LogP contribution >= 0.6 is 0 Å². The van der Waals surface area contributed by atoms with Crippen molar-refractivity contribution < 1.29 is 13.2 Å². The van der Waals surface area contributed by atoms with Crippen LogP contribution in [0, 0.1) is 0 Å². The third kappa shape index (κ3) is 3.94. The van der Waals surface area contributed by atoms with Crippen LogP contribution in [0.1, 0.15) is 38.3 Å². The van der Waals surface area contributed by atoms with Crippen LogP contribution in [0.25, 0.3) is 11.0 Å². The van der Waals surface area contributed by atoms with Crippen LogP contribution in [0.15, 0.2) is 47.4 Å². The zero-order valence-electron chi connectivity index (χ0n) is 14.9. The molecule has 142 valence electrons. The highest BCUT2D eigenvalue weighted by Crippen LogP contribution is 2.30. The molecule has 0 spiro atoms. The molecule has 3 aromatic rings. The summed E-state index contributed by atoms with van der Waals surface area (Å²) in [5.74, 6) is 0.215. The molecular formula is C19H19F3N4O. The summed E-state index contributed by atoms with van der Waals surface area (Å²) in [6, 6.07) is 7.78. The third-order valence-corrected chi connectivity index (χ3v) is 4.44. The maximum absolute atomic E-state index is 12.7. The van der Waals surface area contributed by atoms with Gasteiger partial charge in [-0.2, -0.15) is 18.2 Å². The first kappa shape index (κ1) is 18.9. The van der Waals surface area contributed by atoms with E-state index in [2.05, 4.69) is 15.3 Å². The van der Waals surface area contributed by atoms with Gasteiger partial charge in [-0.25, -0.2) is 4.98 Å². The van der Waals surface area contributed by atoms with Gasteiger partial charge in [0, 0.05) is 29.4 Å². The number of hydrogen-bond donors (Lipinski definition) is 1. The third-order valence-electron chi connectivity index (χ3n) is 4.44. The fraction of sp³-hybridized carbons (Fsp3) is 0.316. The second-order valence-corrected chi connectivity index (χ2v) is 6.18. The summed E-state index contributed by atoms with van der Waals surface area (Å²) in [5, 5.41) is 3.61. The van der Waals surface area contributed by atoms with Crippen molar-refractivity contribution in [3.8, 4) is 0 Å². The summed E-state index contributed by atoms with van der Waals surface area (Å²) in [5.41, 5.74) is 0.0563. The molecule has 0 aliphatic carbocycles. The Morgan fingerprint density at radius 1 is 1.07 bits per heavy atom. The number of nitrogens with one attached hydrogen (secondary N) is 1. The average Bonchev–Trinajstić information content (AvgIpc) is 2.64. The molecule has 8 heteroatoms. The number of pyridine rings is 1. The van der Waals surface area contributed by atoms with Crippen molar-refractivity contribution in [1.29, 1.82) is 0 Å². The van der Waals surface area contributed by atoms with Gasteiger partial charge in [0.15, 0.2) is 0 Å². The lowest BCUT2D eigenvalue weighted by atomic mass is 10.1. The molecule has 0 aliphatic rings. The van der Waals surface area contributed by atoms with E-state index >= 15 is 0 Å². The smallest absolute Gasteiger partial charge is 0.324 e. The maximum Gasteiger partial charge on any atom is 0.416 e. The second kappa shape index (κ2) is 7.38. The second-order valence-electron chi connectivity index (χ2n) is 6.18. The van der Waals surface area contributed by atoms with Gasteiger partial charge in [0.1, 0.15) is 5.65 Å². The van der Waals surface area contributed by atoms with Gasteiger partial charge in [0.25, 0.3) is 5.56 Å². The molecule has 27 heavy (non-hydrogen) atoms. The summed E-state index contributed by atoms with van der Waals surface area (Å²) in [6.45, 7) is 4.00. The van der Waals surface area contributed by atoms with Crippen LogP contribution in [0.4, 0.5) is 24.8 Å². The first-order valence-electron chi connectivity index (χ1n) is 8.66. The topological polar surface area (TPSA) is 59.8 Å². The van der Waals surface area contributed by atoms with Crippen LogP contribution in [0.2, 0.25) is 0 Å². The van der Waals surface area contributed by atoms with Gasteiger partial charge in [-0.3, -0.25) is 9.36 Å². The molecule has 0 unspecified atom stereocenters. The van der Waals surface area contributed by atoms with Gasteiger partial charge < -0.3 is 5.32 Å². The summed E-state index contributed by atoms with van der Waals surface area (Å²) in [7, 11) is 0. The molecule has 3 rings (SSSR count). The number of aromatic nitrogens is 3. The van der Waals surface area contributed by atoms with Gasteiger partial charge in [-0.15, -0.1) is 0 Å². The minimum Gasteiger partial charge on any atom is -0.324 e. The zero-order valence-corrected chi connectivity index (χ0v) is 14.9. The van der Waals surface area contributed by atoms with Gasteiger partial charge in [-0.05, 0) is 43.2 Å². The molecule has 0 amide bonds. The Morgan fingerprint density at radius 3 is 2.33 bits per heavy atom. The molecule has 0 saturated carbocycles. The quantitative estimate of drug-likeness (QED) is 0.687. The van der Waals surface area contributed by atoms with Gasteiger partial charge in [0.2, 0.25) is 5.95 Å². The minimum atomic E-state index is -4.39. The van der Waals surface area contributed by atoms with Crippen molar-refractivity contribution in [2.24, 2.45) is 0 Å². The SMILES string of the molecule is CCC(CC)n1c(=O)ccc2cnc(Nc3ccc(C(F)(F)F)cc3)nc21. The van der Waals surface area contributed by atoms with E-state index < -0.39 is 11.7 Å². The molecule has 0 saturated heterocycles. The number of rotatable bonds is 5. The normalized spacial score (nSPS) is 11.9. The monoisotopic (exact) mass is 376 g/mol. The van der Waals surface area contributed by atoms with E-state index in [9.17, 15) is 18.0 Å². The molecular weight excluding hydrogens is 357 g/mol.